The molecule has 2 nitrogen and oxygen atoms in total. The van der Waals surface area contributed by atoms with Crippen molar-refractivity contribution in [3.05, 3.63) is 22.7 Å². The van der Waals surface area contributed by atoms with E-state index < -0.39 is 0 Å². The number of unbranched alkanes of at least 4 members (excludes halogenated alkanes) is 7. The molecule has 0 spiro atoms. The van der Waals surface area contributed by atoms with Gasteiger partial charge in [0.05, 0.1) is 11.1 Å². The van der Waals surface area contributed by atoms with E-state index in [1.807, 2.05) is 18.2 Å². The lowest BCUT2D eigenvalue weighted by atomic mass is 10.1. The van der Waals surface area contributed by atoms with Crippen LogP contribution in [0.4, 0.5) is 5.69 Å². The molecule has 19 heavy (non-hydrogen) atoms. The summed E-state index contributed by atoms with van der Waals surface area (Å²) in [7, 11) is 0. The number of hydrogen-bond donors (Lipinski definition) is 1. The molecule has 108 valence electrons. The Morgan fingerprint density at radius 2 is 1.63 bits per heavy atom. The summed E-state index contributed by atoms with van der Waals surface area (Å²) in [5, 5.41) is 0. The third kappa shape index (κ3) is 6.86. The highest BCUT2D eigenvalue weighted by atomic mass is 79.9. The van der Waals surface area contributed by atoms with Crippen LogP contribution in [0.2, 0.25) is 0 Å². The van der Waals surface area contributed by atoms with Gasteiger partial charge in [-0.2, -0.15) is 0 Å². The zero-order valence-corrected chi connectivity index (χ0v) is 13.5. The summed E-state index contributed by atoms with van der Waals surface area (Å²) in [5.74, 6) is 0.850. The van der Waals surface area contributed by atoms with Crippen LogP contribution in [-0.4, -0.2) is 6.61 Å². The van der Waals surface area contributed by atoms with Crippen LogP contribution in [0.5, 0.6) is 5.75 Å². The van der Waals surface area contributed by atoms with Crippen molar-refractivity contribution in [2.75, 3.05) is 12.3 Å². The van der Waals surface area contributed by atoms with Crippen molar-refractivity contribution in [3.63, 3.8) is 0 Å². The number of nitrogen functional groups attached to an aromatic ring is 1. The van der Waals surface area contributed by atoms with Crippen LogP contribution in [0.3, 0.4) is 0 Å². The Morgan fingerprint density at radius 3 is 2.32 bits per heavy atom. The molecular weight excluding hydrogens is 302 g/mol. The number of rotatable bonds is 10. The standard InChI is InChI=1S/C16H26BrNO/c1-2-3-4-5-6-7-8-9-13-19-15-12-10-11-14(18)16(15)17/h10-12H,2-9,13,18H2,1H3. The van der Waals surface area contributed by atoms with Crippen molar-refractivity contribution in [2.45, 2.75) is 58.3 Å². The van der Waals surface area contributed by atoms with Gasteiger partial charge in [0.1, 0.15) is 5.75 Å². The molecule has 0 atom stereocenters. The first-order chi connectivity index (χ1) is 9.25. The van der Waals surface area contributed by atoms with Crippen molar-refractivity contribution in [1.82, 2.24) is 0 Å². The number of benzene rings is 1. The van der Waals surface area contributed by atoms with E-state index in [1.54, 1.807) is 0 Å². The molecule has 0 saturated heterocycles. The van der Waals surface area contributed by atoms with Crippen molar-refractivity contribution in [3.8, 4) is 5.75 Å². The quantitative estimate of drug-likeness (QED) is 0.451. The molecule has 1 aromatic rings. The predicted octanol–water partition coefficient (Wildman–Crippen LogP) is 5.55. The lowest BCUT2D eigenvalue weighted by molar-refractivity contribution is 0.302. The lowest BCUT2D eigenvalue weighted by Crippen LogP contribution is -1.99. The van der Waals surface area contributed by atoms with Crippen molar-refractivity contribution < 1.29 is 4.74 Å². The summed E-state index contributed by atoms with van der Waals surface area (Å²) in [6.45, 7) is 3.03. The fourth-order valence-electron chi connectivity index (χ4n) is 2.06. The van der Waals surface area contributed by atoms with E-state index in [9.17, 15) is 0 Å². The highest BCUT2D eigenvalue weighted by Gasteiger charge is 2.03. The van der Waals surface area contributed by atoms with E-state index in [4.69, 9.17) is 10.5 Å². The van der Waals surface area contributed by atoms with Crippen LogP contribution in [0, 0.1) is 0 Å². The summed E-state index contributed by atoms with van der Waals surface area (Å²) >= 11 is 3.45. The van der Waals surface area contributed by atoms with Crippen LogP contribution in [0.15, 0.2) is 22.7 Å². The van der Waals surface area contributed by atoms with Gasteiger partial charge in [-0.1, -0.05) is 57.9 Å². The molecule has 0 aliphatic heterocycles. The number of nitrogens with two attached hydrogens (primary N) is 1. The molecule has 0 heterocycles. The SMILES string of the molecule is CCCCCCCCCCOc1cccc(N)c1Br. The molecule has 0 unspecified atom stereocenters. The van der Waals surface area contributed by atoms with Gasteiger partial charge >= 0.3 is 0 Å². The largest absolute Gasteiger partial charge is 0.492 e. The number of halogens is 1. The molecule has 3 heteroatoms. The molecule has 1 aromatic carbocycles. The first-order valence-corrected chi connectivity index (χ1v) is 8.21. The first kappa shape index (κ1) is 16.4. The molecule has 0 saturated carbocycles. The molecule has 0 bridgehead atoms. The molecule has 2 N–H and O–H groups in total. The normalized spacial score (nSPS) is 10.6. The summed E-state index contributed by atoms with van der Waals surface area (Å²) < 4.78 is 6.61. The Morgan fingerprint density at radius 1 is 1.00 bits per heavy atom. The molecule has 0 radical (unpaired) electrons. The zero-order valence-electron chi connectivity index (χ0n) is 12.0. The van der Waals surface area contributed by atoms with Gasteiger partial charge in [-0.3, -0.25) is 0 Å². The highest BCUT2D eigenvalue weighted by molar-refractivity contribution is 9.10. The average molecular weight is 328 g/mol. The van der Waals surface area contributed by atoms with E-state index in [0.717, 1.165) is 28.9 Å². The second-order valence-corrected chi connectivity index (χ2v) is 5.78. The molecule has 0 aliphatic carbocycles. The predicted molar refractivity (Wildman–Crippen MR) is 86.7 cm³/mol. The minimum Gasteiger partial charge on any atom is -0.492 e. The monoisotopic (exact) mass is 327 g/mol. The Hall–Kier alpha value is -0.700. The second-order valence-electron chi connectivity index (χ2n) is 4.98. The van der Waals surface area contributed by atoms with Gasteiger partial charge in [0.25, 0.3) is 0 Å². The minimum absolute atomic E-state index is 0.730. The minimum atomic E-state index is 0.730. The second kappa shape index (κ2) is 10.1. The fourth-order valence-corrected chi connectivity index (χ4v) is 2.44. The van der Waals surface area contributed by atoms with Gasteiger partial charge in [0, 0.05) is 5.69 Å². The van der Waals surface area contributed by atoms with E-state index in [2.05, 4.69) is 22.9 Å². The van der Waals surface area contributed by atoms with Crippen LogP contribution in [0.1, 0.15) is 58.3 Å². The summed E-state index contributed by atoms with van der Waals surface area (Å²) in [6, 6.07) is 5.74. The number of anilines is 1. The lowest BCUT2D eigenvalue weighted by Gasteiger charge is -2.09. The van der Waals surface area contributed by atoms with E-state index in [0.29, 0.717) is 0 Å². The van der Waals surface area contributed by atoms with Gasteiger partial charge in [-0.25, -0.2) is 0 Å². The van der Waals surface area contributed by atoms with Gasteiger partial charge in [0.2, 0.25) is 0 Å². The van der Waals surface area contributed by atoms with E-state index in [-0.39, 0.29) is 0 Å². The fraction of sp³-hybridized carbons (Fsp3) is 0.625. The first-order valence-electron chi connectivity index (χ1n) is 7.42. The summed E-state index contributed by atoms with van der Waals surface area (Å²) in [6.07, 6.45) is 10.5. The van der Waals surface area contributed by atoms with Crippen LogP contribution in [-0.2, 0) is 0 Å². The van der Waals surface area contributed by atoms with Gasteiger partial charge in [-0.05, 0) is 34.5 Å². The maximum Gasteiger partial charge on any atom is 0.135 e. The van der Waals surface area contributed by atoms with Crippen LogP contribution >= 0.6 is 15.9 Å². The van der Waals surface area contributed by atoms with Crippen LogP contribution < -0.4 is 10.5 Å². The van der Waals surface area contributed by atoms with Gasteiger partial charge in [-0.15, -0.1) is 0 Å². The molecule has 0 amide bonds. The Balaban J connectivity index is 2.03. The van der Waals surface area contributed by atoms with Crippen molar-refractivity contribution in [2.24, 2.45) is 0 Å². The van der Waals surface area contributed by atoms with Gasteiger partial charge in [0.15, 0.2) is 0 Å². The van der Waals surface area contributed by atoms with Crippen LogP contribution in [0.25, 0.3) is 0 Å². The smallest absolute Gasteiger partial charge is 0.135 e. The summed E-state index contributed by atoms with van der Waals surface area (Å²) in [4.78, 5) is 0. The molecular formula is C16H26BrNO. The van der Waals surface area contributed by atoms with Crippen molar-refractivity contribution >= 4 is 21.6 Å². The molecule has 1 rings (SSSR count). The summed E-state index contributed by atoms with van der Waals surface area (Å²) in [5.41, 5.74) is 6.53. The number of hydrogen-bond acceptors (Lipinski definition) is 2. The van der Waals surface area contributed by atoms with E-state index in [1.165, 1.54) is 44.9 Å². The van der Waals surface area contributed by atoms with Gasteiger partial charge < -0.3 is 10.5 Å². The zero-order chi connectivity index (χ0) is 13.9. The Labute approximate surface area is 125 Å². The van der Waals surface area contributed by atoms with E-state index >= 15 is 0 Å². The maximum absolute atomic E-state index is 5.80. The van der Waals surface area contributed by atoms with Crippen molar-refractivity contribution in [1.29, 1.82) is 0 Å². The third-order valence-electron chi connectivity index (χ3n) is 3.25. The Bertz CT molecular complexity index is 355. The molecule has 0 aromatic heterocycles. The number of ether oxygens (including phenoxy) is 1. The molecule has 0 aliphatic rings. The Kier molecular flexibility index (Phi) is 8.72. The highest BCUT2D eigenvalue weighted by Crippen LogP contribution is 2.30. The molecule has 0 fully saturated rings. The maximum atomic E-state index is 5.80. The average Bonchev–Trinajstić information content (AvgIpc) is 2.41. The third-order valence-corrected chi connectivity index (χ3v) is 4.10. The topological polar surface area (TPSA) is 35.2 Å².